The summed E-state index contributed by atoms with van der Waals surface area (Å²) in [5.74, 6) is -0.855. The van der Waals surface area contributed by atoms with Crippen molar-refractivity contribution < 1.29 is 28.6 Å². The first-order chi connectivity index (χ1) is 39.0. The van der Waals surface area contributed by atoms with Crippen LogP contribution in [0.5, 0.6) is 0 Å². The van der Waals surface area contributed by atoms with E-state index >= 15 is 0 Å². The zero-order chi connectivity index (χ0) is 57.1. The van der Waals surface area contributed by atoms with E-state index in [0.29, 0.717) is 19.3 Å². The van der Waals surface area contributed by atoms with Crippen molar-refractivity contribution >= 4 is 17.9 Å². The zero-order valence-electron chi connectivity index (χ0n) is 53.2. The summed E-state index contributed by atoms with van der Waals surface area (Å²) in [5.41, 5.74) is 0. The Kier molecular flexibility index (Phi) is 65.6. The van der Waals surface area contributed by atoms with Crippen LogP contribution in [0.2, 0.25) is 0 Å². The quantitative estimate of drug-likeness (QED) is 0.0261. The molecule has 0 heterocycles. The van der Waals surface area contributed by atoms with Crippen LogP contribution in [0.1, 0.15) is 380 Å². The van der Waals surface area contributed by atoms with E-state index in [1.807, 2.05) is 0 Å². The zero-order valence-corrected chi connectivity index (χ0v) is 53.2. The van der Waals surface area contributed by atoms with Crippen molar-refractivity contribution in [2.24, 2.45) is 0 Å². The summed E-state index contributed by atoms with van der Waals surface area (Å²) in [6, 6.07) is 0. The molecule has 1 atom stereocenters. The second kappa shape index (κ2) is 67.9. The lowest BCUT2D eigenvalue weighted by molar-refractivity contribution is -0.167. The van der Waals surface area contributed by atoms with Crippen LogP contribution < -0.4 is 0 Å². The molecule has 462 valence electrons. The summed E-state index contributed by atoms with van der Waals surface area (Å²) in [7, 11) is 0. The summed E-state index contributed by atoms with van der Waals surface area (Å²) in [4.78, 5) is 38.5. The number of unbranched alkanes of at least 4 members (excludes halogenated alkanes) is 46. The standard InChI is InChI=1S/C73H134O6/c1-4-7-10-13-16-19-22-25-28-31-33-35-36-38-39-42-45-48-51-54-57-60-63-66-72(75)78-69-70(68-77-71(74)65-62-59-56-53-50-47-44-41-30-27-24-21-18-15-12-9-6-3)79-73(76)67-64-61-58-55-52-49-46-43-40-37-34-32-29-26-23-20-17-14-11-8-5-2/h22,25,31-34,36,38,70H,4-21,23-24,26-30,35,37,39-69H2,1-3H3/b25-22-,33-31-,34-32-,38-36-. The van der Waals surface area contributed by atoms with E-state index in [2.05, 4.69) is 69.4 Å². The highest BCUT2D eigenvalue weighted by atomic mass is 16.6. The van der Waals surface area contributed by atoms with Crippen molar-refractivity contribution in [3.8, 4) is 0 Å². The summed E-state index contributed by atoms with van der Waals surface area (Å²) < 4.78 is 17.0. The molecular formula is C73H134O6. The van der Waals surface area contributed by atoms with Crippen molar-refractivity contribution in [2.75, 3.05) is 13.2 Å². The molecule has 0 fully saturated rings. The van der Waals surface area contributed by atoms with E-state index < -0.39 is 6.10 Å². The number of hydrogen-bond donors (Lipinski definition) is 0. The Morgan fingerprint density at radius 3 is 0.722 bits per heavy atom. The molecule has 0 bridgehead atoms. The van der Waals surface area contributed by atoms with Crippen LogP contribution in [0.15, 0.2) is 48.6 Å². The first-order valence-corrected chi connectivity index (χ1v) is 35.1. The molecule has 6 heteroatoms. The third kappa shape index (κ3) is 66.1. The van der Waals surface area contributed by atoms with Gasteiger partial charge < -0.3 is 14.2 Å². The van der Waals surface area contributed by atoms with Crippen molar-refractivity contribution in [3.63, 3.8) is 0 Å². The molecule has 0 aromatic heterocycles. The predicted molar refractivity (Wildman–Crippen MR) is 344 cm³/mol. The first kappa shape index (κ1) is 76.4. The molecule has 0 N–H and O–H groups in total. The molecule has 0 aliphatic heterocycles. The van der Waals surface area contributed by atoms with Gasteiger partial charge in [0, 0.05) is 19.3 Å². The Morgan fingerprint density at radius 2 is 0.456 bits per heavy atom. The first-order valence-electron chi connectivity index (χ1n) is 35.1. The molecule has 0 rings (SSSR count). The molecule has 0 saturated carbocycles. The van der Waals surface area contributed by atoms with Crippen LogP contribution in [0.25, 0.3) is 0 Å². The fraction of sp³-hybridized carbons (Fsp3) is 0.849. The normalized spacial score (nSPS) is 12.3. The van der Waals surface area contributed by atoms with Gasteiger partial charge in [0.2, 0.25) is 0 Å². The second-order valence-corrected chi connectivity index (χ2v) is 23.8. The molecule has 1 unspecified atom stereocenters. The second-order valence-electron chi connectivity index (χ2n) is 23.8. The van der Waals surface area contributed by atoms with Crippen LogP contribution in [0, 0.1) is 0 Å². The molecule has 0 aliphatic rings. The van der Waals surface area contributed by atoms with E-state index in [0.717, 1.165) is 77.0 Å². The Labute approximate surface area is 492 Å². The monoisotopic (exact) mass is 1110 g/mol. The average molecular weight is 1110 g/mol. The summed E-state index contributed by atoms with van der Waals surface area (Å²) in [6.45, 7) is 6.69. The van der Waals surface area contributed by atoms with E-state index in [1.165, 1.54) is 263 Å². The number of esters is 3. The van der Waals surface area contributed by atoms with Gasteiger partial charge in [-0.2, -0.15) is 0 Å². The Hall–Kier alpha value is -2.63. The molecule has 6 nitrogen and oxygen atoms in total. The molecule has 0 aliphatic carbocycles. The maximum atomic E-state index is 13.0. The van der Waals surface area contributed by atoms with E-state index in [1.54, 1.807) is 0 Å². The van der Waals surface area contributed by atoms with Gasteiger partial charge in [-0.15, -0.1) is 0 Å². The Balaban J connectivity index is 4.34. The number of rotatable bonds is 65. The number of ether oxygens (including phenoxy) is 3. The highest BCUT2D eigenvalue weighted by Gasteiger charge is 2.19. The molecule has 0 saturated heterocycles. The number of hydrogen-bond acceptors (Lipinski definition) is 6. The SMILES string of the molecule is CCCCCCC/C=C\C/C=C\C/C=C\CCCCCCCCCCC(=O)OCC(COC(=O)CCCCCCCCCCCCCCCCCCC)OC(=O)CCCCCCCCCCC/C=C\CCCCCCCCCC. The van der Waals surface area contributed by atoms with Gasteiger partial charge in [-0.05, 0) is 83.5 Å². The van der Waals surface area contributed by atoms with Gasteiger partial charge in [0.1, 0.15) is 13.2 Å². The van der Waals surface area contributed by atoms with Crippen LogP contribution in [0.3, 0.4) is 0 Å². The Bertz CT molecular complexity index is 1360. The summed E-state index contributed by atoms with van der Waals surface area (Å²) in [5, 5.41) is 0. The van der Waals surface area contributed by atoms with Gasteiger partial charge in [0.15, 0.2) is 6.10 Å². The molecule has 0 amide bonds. The lowest BCUT2D eigenvalue weighted by Crippen LogP contribution is -2.30. The van der Waals surface area contributed by atoms with Crippen molar-refractivity contribution in [2.45, 2.75) is 386 Å². The molecule has 0 radical (unpaired) electrons. The van der Waals surface area contributed by atoms with Crippen LogP contribution in [-0.2, 0) is 28.6 Å². The maximum absolute atomic E-state index is 13.0. The van der Waals surface area contributed by atoms with Crippen LogP contribution in [0.4, 0.5) is 0 Å². The smallest absolute Gasteiger partial charge is 0.306 e. The van der Waals surface area contributed by atoms with Crippen LogP contribution >= 0.6 is 0 Å². The van der Waals surface area contributed by atoms with Gasteiger partial charge in [0.05, 0.1) is 0 Å². The lowest BCUT2D eigenvalue weighted by Gasteiger charge is -2.18. The van der Waals surface area contributed by atoms with Gasteiger partial charge >= 0.3 is 17.9 Å². The van der Waals surface area contributed by atoms with Crippen molar-refractivity contribution in [1.82, 2.24) is 0 Å². The van der Waals surface area contributed by atoms with E-state index in [9.17, 15) is 14.4 Å². The number of carbonyl (C=O) groups excluding carboxylic acids is 3. The van der Waals surface area contributed by atoms with Crippen molar-refractivity contribution in [3.05, 3.63) is 48.6 Å². The molecule has 0 aromatic rings. The predicted octanol–water partition coefficient (Wildman–Crippen LogP) is 24.1. The molecule has 0 spiro atoms. The summed E-state index contributed by atoms with van der Waals surface area (Å²) in [6.07, 6.45) is 85.5. The minimum Gasteiger partial charge on any atom is -0.462 e. The van der Waals surface area contributed by atoms with Gasteiger partial charge in [-0.25, -0.2) is 0 Å². The average Bonchev–Trinajstić information content (AvgIpc) is 3.45. The highest BCUT2D eigenvalue weighted by Crippen LogP contribution is 2.18. The Morgan fingerprint density at radius 1 is 0.253 bits per heavy atom. The van der Waals surface area contributed by atoms with Crippen molar-refractivity contribution in [1.29, 1.82) is 0 Å². The fourth-order valence-electron chi connectivity index (χ4n) is 10.5. The minimum absolute atomic E-state index is 0.0719. The maximum Gasteiger partial charge on any atom is 0.306 e. The van der Waals surface area contributed by atoms with Gasteiger partial charge in [-0.3, -0.25) is 14.4 Å². The molecule has 0 aromatic carbocycles. The largest absolute Gasteiger partial charge is 0.462 e. The van der Waals surface area contributed by atoms with E-state index in [-0.39, 0.29) is 31.1 Å². The fourth-order valence-corrected chi connectivity index (χ4v) is 10.5. The van der Waals surface area contributed by atoms with E-state index in [4.69, 9.17) is 14.2 Å². The molecular weight excluding hydrogens is 973 g/mol. The minimum atomic E-state index is -0.777. The third-order valence-corrected chi connectivity index (χ3v) is 15.8. The number of allylic oxidation sites excluding steroid dienone is 8. The number of carbonyl (C=O) groups is 3. The third-order valence-electron chi connectivity index (χ3n) is 15.8. The van der Waals surface area contributed by atoms with Crippen LogP contribution in [-0.4, -0.2) is 37.2 Å². The van der Waals surface area contributed by atoms with Gasteiger partial charge in [0.25, 0.3) is 0 Å². The lowest BCUT2D eigenvalue weighted by atomic mass is 10.0. The topological polar surface area (TPSA) is 78.9 Å². The van der Waals surface area contributed by atoms with Gasteiger partial charge in [-0.1, -0.05) is 326 Å². The summed E-state index contributed by atoms with van der Waals surface area (Å²) >= 11 is 0. The highest BCUT2D eigenvalue weighted by molar-refractivity contribution is 5.71. The molecule has 79 heavy (non-hydrogen) atoms.